The van der Waals surface area contributed by atoms with Crippen molar-refractivity contribution in [3.63, 3.8) is 0 Å². The van der Waals surface area contributed by atoms with E-state index in [1.807, 2.05) is 40.7 Å². The van der Waals surface area contributed by atoms with Gasteiger partial charge in [-0.15, -0.1) is 6.42 Å². The number of allylic oxidation sites excluding steroid dienone is 1. The molecule has 0 aliphatic carbocycles. The van der Waals surface area contributed by atoms with Crippen LogP contribution in [0.1, 0.15) is 72.1 Å². The Kier molecular flexibility index (Phi) is 8.89. The van der Waals surface area contributed by atoms with Gasteiger partial charge in [0.05, 0.1) is 16.6 Å². The van der Waals surface area contributed by atoms with E-state index in [4.69, 9.17) is 6.42 Å². The molecule has 2 heterocycles. The van der Waals surface area contributed by atoms with Gasteiger partial charge in [-0.2, -0.15) is 0 Å². The van der Waals surface area contributed by atoms with E-state index in [1.54, 1.807) is 0 Å². The minimum atomic E-state index is 0.0506. The van der Waals surface area contributed by atoms with E-state index < -0.39 is 0 Å². The SMILES string of the molecule is C#Cc1c(/C=C\C)ccc2c1c1[nH]c3ccc(C(C)(C)C)cc3c1n2-c1ccc(-c2ccccc2)cc1.CC.CC. The molecule has 0 radical (unpaired) electrons. The number of nitrogens with one attached hydrogen (secondary N) is 1. The molecule has 208 valence electrons. The number of hydrogen-bond acceptors (Lipinski definition) is 0. The highest BCUT2D eigenvalue weighted by Gasteiger charge is 2.22. The van der Waals surface area contributed by atoms with Crippen LogP contribution in [0.4, 0.5) is 0 Å². The first kappa shape index (κ1) is 29.5. The highest BCUT2D eigenvalue weighted by atomic mass is 15.0. The monoisotopic (exact) mass is 538 g/mol. The van der Waals surface area contributed by atoms with Gasteiger partial charge in [0.1, 0.15) is 0 Å². The number of benzene rings is 4. The highest BCUT2D eigenvalue weighted by molar-refractivity contribution is 6.20. The number of rotatable bonds is 3. The summed E-state index contributed by atoms with van der Waals surface area (Å²) in [7, 11) is 0. The summed E-state index contributed by atoms with van der Waals surface area (Å²) in [6, 6.07) is 30.4. The van der Waals surface area contributed by atoms with Crippen molar-refractivity contribution in [3.05, 3.63) is 108 Å². The van der Waals surface area contributed by atoms with Gasteiger partial charge in [-0.3, -0.25) is 0 Å². The van der Waals surface area contributed by atoms with Gasteiger partial charge >= 0.3 is 0 Å². The maximum absolute atomic E-state index is 6.14. The lowest BCUT2D eigenvalue weighted by atomic mass is 9.86. The quantitative estimate of drug-likeness (QED) is 0.216. The van der Waals surface area contributed by atoms with E-state index in [9.17, 15) is 0 Å². The van der Waals surface area contributed by atoms with Crippen molar-refractivity contribution >= 4 is 38.9 Å². The molecule has 0 amide bonds. The van der Waals surface area contributed by atoms with Gasteiger partial charge in [0.25, 0.3) is 0 Å². The van der Waals surface area contributed by atoms with Crippen molar-refractivity contribution in [2.75, 3.05) is 0 Å². The largest absolute Gasteiger partial charge is 0.353 e. The lowest BCUT2D eigenvalue weighted by Gasteiger charge is -2.19. The Morgan fingerprint density at radius 1 is 0.805 bits per heavy atom. The molecule has 0 spiro atoms. The smallest absolute Gasteiger partial charge is 0.0798 e. The van der Waals surface area contributed by atoms with E-state index in [1.165, 1.54) is 22.1 Å². The summed E-state index contributed by atoms with van der Waals surface area (Å²) < 4.78 is 2.37. The molecule has 0 atom stereocenters. The molecular formula is C39H42N2. The molecule has 1 N–H and O–H groups in total. The second-order valence-corrected chi connectivity index (χ2v) is 10.7. The van der Waals surface area contributed by atoms with Crippen molar-refractivity contribution in [1.82, 2.24) is 9.55 Å². The third-order valence-corrected chi connectivity index (χ3v) is 7.29. The van der Waals surface area contributed by atoms with Crippen LogP contribution >= 0.6 is 0 Å². The number of nitrogens with zero attached hydrogens (tertiary/aromatic N) is 1. The van der Waals surface area contributed by atoms with Crippen LogP contribution in [0.5, 0.6) is 0 Å². The van der Waals surface area contributed by atoms with Gasteiger partial charge < -0.3 is 9.55 Å². The number of fused-ring (bicyclic) bond motifs is 5. The first-order chi connectivity index (χ1) is 19.9. The summed E-state index contributed by atoms with van der Waals surface area (Å²) >= 11 is 0. The fraction of sp³-hybridized carbons (Fsp3) is 0.231. The zero-order valence-corrected chi connectivity index (χ0v) is 25.8. The number of terminal acetylenes is 1. The predicted molar refractivity (Wildman–Crippen MR) is 182 cm³/mol. The summed E-state index contributed by atoms with van der Waals surface area (Å²) in [5.41, 5.74) is 11.3. The van der Waals surface area contributed by atoms with Gasteiger partial charge in [0.15, 0.2) is 0 Å². The van der Waals surface area contributed by atoms with Crippen LogP contribution in [0.2, 0.25) is 0 Å². The fourth-order valence-electron chi connectivity index (χ4n) is 5.40. The van der Waals surface area contributed by atoms with Crippen LogP contribution in [0.15, 0.2) is 91.0 Å². The molecule has 0 aliphatic heterocycles. The van der Waals surface area contributed by atoms with Crippen molar-refractivity contribution in [2.24, 2.45) is 0 Å². The molecule has 0 fully saturated rings. The third-order valence-electron chi connectivity index (χ3n) is 7.29. The number of hydrogen-bond donors (Lipinski definition) is 1. The molecule has 0 bridgehead atoms. The Balaban J connectivity index is 0.000000929. The lowest BCUT2D eigenvalue weighted by Crippen LogP contribution is -2.10. The predicted octanol–water partition coefficient (Wildman–Crippen LogP) is 11.3. The lowest BCUT2D eigenvalue weighted by molar-refractivity contribution is 0.591. The van der Waals surface area contributed by atoms with Gasteiger partial charge in [0, 0.05) is 27.5 Å². The number of aromatic nitrogens is 2. The van der Waals surface area contributed by atoms with Crippen LogP contribution < -0.4 is 0 Å². The average molecular weight is 539 g/mol. The van der Waals surface area contributed by atoms with Gasteiger partial charge in [-0.1, -0.05) is 121 Å². The van der Waals surface area contributed by atoms with Crippen LogP contribution in [0.3, 0.4) is 0 Å². The normalized spacial score (nSPS) is 11.3. The highest BCUT2D eigenvalue weighted by Crippen LogP contribution is 2.40. The second-order valence-electron chi connectivity index (χ2n) is 10.7. The van der Waals surface area contributed by atoms with E-state index in [0.717, 1.165) is 44.3 Å². The molecule has 41 heavy (non-hydrogen) atoms. The summed E-state index contributed by atoms with van der Waals surface area (Å²) in [5.74, 6) is 3.01. The second kappa shape index (κ2) is 12.4. The standard InChI is InChI=1S/C35H30N2.2C2H6/c1-6-11-25-16-21-31-32(28(25)7-2)33-34(29-22-26(35(3,4)5)17-20-30(29)36-33)37(31)27-18-14-24(15-19-27)23-12-9-8-10-13-23;2*1-2/h2,6,8-22,36H,1,3-5H3;2*1-2H3/b11-6-;;. The Hall–Kier alpha value is -4.48. The van der Waals surface area contributed by atoms with Crippen LogP contribution in [-0.2, 0) is 5.41 Å². The molecule has 4 aromatic carbocycles. The zero-order valence-electron chi connectivity index (χ0n) is 25.8. The van der Waals surface area contributed by atoms with Crippen molar-refractivity contribution < 1.29 is 0 Å². The van der Waals surface area contributed by atoms with E-state index in [0.29, 0.717) is 0 Å². The van der Waals surface area contributed by atoms with E-state index >= 15 is 0 Å². The van der Waals surface area contributed by atoms with Crippen LogP contribution in [0, 0.1) is 12.3 Å². The minimum Gasteiger partial charge on any atom is -0.353 e. The molecule has 0 unspecified atom stereocenters. The average Bonchev–Trinajstić information content (AvgIpc) is 3.53. The molecule has 6 rings (SSSR count). The fourth-order valence-corrected chi connectivity index (χ4v) is 5.40. The molecule has 6 aromatic rings. The van der Waals surface area contributed by atoms with E-state index in [2.05, 4.69) is 127 Å². The third kappa shape index (κ3) is 5.33. The van der Waals surface area contributed by atoms with Gasteiger partial charge in [-0.05, 0) is 64.9 Å². The number of aromatic amines is 1. The Labute approximate surface area is 245 Å². The Morgan fingerprint density at radius 3 is 2.07 bits per heavy atom. The first-order valence-corrected chi connectivity index (χ1v) is 14.8. The first-order valence-electron chi connectivity index (χ1n) is 14.8. The van der Waals surface area contributed by atoms with Gasteiger partial charge in [-0.25, -0.2) is 0 Å². The molecule has 2 heteroatoms. The van der Waals surface area contributed by atoms with Crippen molar-refractivity contribution in [2.45, 2.75) is 60.8 Å². The van der Waals surface area contributed by atoms with Crippen LogP contribution in [-0.4, -0.2) is 9.55 Å². The van der Waals surface area contributed by atoms with Gasteiger partial charge in [0.2, 0.25) is 0 Å². The number of H-pyrrole nitrogens is 1. The maximum Gasteiger partial charge on any atom is 0.0798 e. The summed E-state index contributed by atoms with van der Waals surface area (Å²) in [6.45, 7) is 16.8. The van der Waals surface area contributed by atoms with Crippen molar-refractivity contribution in [3.8, 4) is 29.2 Å². The Bertz CT molecular complexity index is 1850. The topological polar surface area (TPSA) is 20.7 Å². The maximum atomic E-state index is 6.14. The molecule has 0 aliphatic rings. The van der Waals surface area contributed by atoms with E-state index in [-0.39, 0.29) is 5.41 Å². The summed E-state index contributed by atoms with van der Waals surface area (Å²) in [6.07, 6.45) is 10.3. The molecular weight excluding hydrogens is 496 g/mol. The Morgan fingerprint density at radius 2 is 1.46 bits per heavy atom. The summed E-state index contributed by atoms with van der Waals surface area (Å²) in [5, 5.41) is 2.30. The molecule has 2 aromatic heterocycles. The van der Waals surface area contributed by atoms with Crippen LogP contribution in [0.25, 0.3) is 55.7 Å². The zero-order chi connectivity index (χ0) is 29.7. The molecule has 0 saturated heterocycles. The van der Waals surface area contributed by atoms with Crippen molar-refractivity contribution in [1.29, 1.82) is 0 Å². The molecule has 2 nitrogen and oxygen atoms in total. The molecule has 0 saturated carbocycles. The summed E-state index contributed by atoms with van der Waals surface area (Å²) in [4.78, 5) is 3.73. The minimum absolute atomic E-state index is 0.0506.